The molecular formula is C24H27FN4O2. The van der Waals surface area contributed by atoms with Crippen molar-refractivity contribution >= 4 is 5.91 Å². The first-order valence-electron chi connectivity index (χ1n) is 10.6. The molecule has 6 nitrogen and oxygen atoms in total. The highest BCUT2D eigenvalue weighted by Gasteiger charge is 2.26. The molecule has 1 atom stereocenters. The Hall–Kier alpha value is -3.19. The first-order chi connectivity index (χ1) is 15.0. The normalized spacial score (nSPS) is 16.3. The zero-order chi connectivity index (χ0) is 21.8. The molecule has 1 unspecified atom stereocenters. The summed E-state index contributed by atoms with van der Waals surface area (Å²) in [7, 11) is 0. The fraction of sp³-hybridized carbons (Fsp3) is 0.333. The summed E-state index contributed by atoms with van der Waals surface area (Å²) in [6, 6.07) is 16.4. The molecule has 0 fully saturated rings. The number of benzene rings is 2. The molecule has 1 aliphatic heterocycles. The van der Waals surface area contributed by atoms with Gasteiger partial charge in [0.2, 0.25) is 0 Å². The van der Waals surface area contributed by atoms with E-state index in [0.29, 0.717) is 44.0 Å². The van der Waals surface area contributed by atoms with E-state index in [9.17, 15) is 9.18 Å². The molecule has 2 heterocycles. The molecule has 1 aromatic heterocycles. The molecule has 1 aliphatic rings. The molecule has 0 bridgehead atoms. The van der Waals surface area contributed by atoms with Gasteiger partial charge in [0.1, 0.15) is 23.4 Å². The van der Waals surface area contributed by atoms with Gasteiger partial charge in [-0.3, -0.25) is 14.4 Å². The summed E-state index contributed by atoms with van der Waals surface area (Å²) in [6.45, 7) is 6.76. The van der Waals surface area contributed by atoms with Crippen LogP contribution in [0, 0.1) is 12.7 Å². The highest BCUT2D eigenvalue weighted by molar-refractivity contribution is 5.92. The topological polar surface area (TPSA) is 59.4 Å². The van der Waals surface area contributed by atoms with Crippen LogP contribution in [0.5, 0.6) is 5.75 Å². The van der Waals surface area contributed by atoms with Crippen LogP contribution in [0.25, 0.3) is 0 Å². The van der Waals surface area contributed by atoms with Crippen LogP contribution >= 0.6 is 0 Å². The van der Waals surface area contributed by atoms with Crippen molar-refractivity contribution in [2.45, 2.75) is 33.0 Å². The van der Waals surface area contributed by atoms with Crippen molar-refractivity contribution in [3.8, 4) is 5.75 Å². The third-order valence-corrected chi connectivity index (χ3v) is 5.46. The van der Waals surface area contributed by atoms with E-state index in [1.165, 1.54) is 6.07 Å². The SMILES string of the molecule is CCn1nc(C)cc1C(=O)NCCN1Cc2ccccc2OC(c2ccccc2F)C1. The van der Waals surface area contributed by atoms with Crippen LogP contribution in [-0.2, 0) is 13.1 Å². The first-order valence-corrected chi connectivity index (χ1v) is 10.6. The lowest BCUT2D eigenvalue weighted by Gasteiger charge is -2.24. The summed E-state index contributed by atoms with van der Waals surface area (Å²) >= 11 is 0. The predicted octanol–water partition coefficient (Wildman–Crippen LogP) is 3.72. The number of rotatable bonds is 6. The van der Waals surface area contributed by atoms with Crippen LogP contribution in [0.2, 0.25) is 0 Å². The van der Waals surface area contributed by atoms with E-state index in [0.717, 1.165) is 17.0 Å². The van der Waals surface area contributed by atoms with E-state index in [-0.39, 0.29) is 11.7 Å². The van der Waals surface area contributed by atoms with E-state index in [1.807, 2.05) is 44.2 Å². The van der Waals surface area contributed by atoms with Gasteiger partial charge in [0.15, 0.2) is 0 Å². The molecule has 0 saturated heterocycles. The van der Waals surface area contributed by atoms with E-state index in [1.54, 1.807) is 22.9 Å². The molecule has 0 spiro atoms. The largest absolute Gasteiger partial charge is 0.484 e. The van der Waals surface area contributed by atoms with E-state index >= 15 is 0 Å². The fourth-order valence-corrected chi connectivity index (χ4v) is 3.94. The molecular weight excluding hydrogens is 395 g/mol. The van der Waals surface area contributed by atoms with Crippen LogP contribution < -0.4 is 10.1 Å². The predicted molar refractivity (Wildman–Crippen MR) is 116 cm³/mol. The maximum Gasteiger partial charge on any atom is 0.269 e. The number of nitrogens with zero attached hydrogens (tertiary/aromatic N) is 3. The minimum Gasteiger partial charge on any atom is -0.484 e. The number of hydrogen-bond donors (Lipinski definition) is 1. The lowest BCUT2D eigenvalue weighted by Crippen LogP contribution is -2.37. The Morgan fingerprint density at radius 2 is 2.00 bits per heavy atom. The number of aryl methyl sites for hydroxylation is 2. The third kappa shape index (κ3) is 4.77. The second-order valence-corrected chi connectivity index (χ2v) is 7.71. The molecule has 0 radical (unpaired) electrons. The molecule has 0 saturated carbocycles. The summed E-state index contributed by atoms with van der Waals surface area (Å²) in [6.07, 6.45) is -0.426. The maximum absolute atomic E-state index is 14.5. The lowest BCUT2D eigenvalue weighted by molar-refractivity contribution is 0.0932. The summed E-state index contributed by atoms with van der Waals surface area (Å²) < 4.78 is 22.4. The molecule has 4 rings (SSSR count). The smallest absolute Gasteiger partial charge is 0.269 e. The Morgan fingerprint density at radius 1 is 1.23 bits per heavy atom. The zero-order valence-electron chi connectivity index (χ0n) is 17.8. The standard InChI is InChI=1S/C24H27FN4O2/c1-3-29-21(14-17(2)27-29)24(30)26-12-13-28-15-18-8-4-7-11-22(18)31-23(16-28)19-9-5-6-10-20(19)25/h4-11,14,23H,3,12-13,15-16H2,1-2H3,(H,26,30). The number of halogens is 1. The van der Waals surface area contributed by atoms with Gasteiger partial charge in [0.05, 0.1) is 5.69 Å². The van der Waals surface area contributed by atoms with Crippen molar-refractivity contribution in [3.05, 3.63) is 82.9 Å². The van der Waals surface area contributed by atoms with Gasteiger partial charge in [-0.15, -0.1) is 0 Å². The summed E-state index contributed by atoms with van der Waals surface area (Å²) in [5.41, 5.74) is 2.97. The summed E-state index contributed by atoms with van der Waals surface area (Å²) in [5, 5.41) is 7.32. The number of hydrogen-bond acceptors (Lipinski definition) is 4. The molecule has 162 valence electrons. The number of fused-ring (bicyclic) bond motifs is 1. The van der Waals surface area contributed by atoms with Gasteiger partial charge < -0.3 is 10.1 Å². The van der Waals surface area contributed by atoms with Crippen molar-refractivity contribution in [3.63, 3.8) is 0 Å². The summed E-state index contributed by atoms with van der Waals surface area (Å²) in [5.74, 6) is 0.354. The monoisotopic (exact) mass is 422 g/mol. The van der Waals surface area contributed by atoms with Crippen molar-refractivity contribution in [2.75, 3.05) is 19.6 Å². The quantitative estimate of drug-likeness (QED) is 0.658. The van der Waals surface area contributed by atoms with Gasteiger partial charge in [-0.25, -0.2) is 4.39 Å². The van der Waals surface area contributed by atoms with Crippen molar-refractivity contribution < 1.29 is 13.9 Å². The van der Waals surface area contributed by atoms with Crippen LogP contribution in [-0.4, -0.2) is 40.2 Å². The van der Waals surface area contributed by atoms with E-state index < -0.39 is 6.10 Å². The first kappa shape index (κ1) is 21.1. The van der Waals surface area contributed by atoms with Crippen molar-refractivity contribution in [1.82, 2.24) is 20.0 Å². The van der Waals surface area contributed by atoms with Gasteiger partial charge in [-0.2, -0.15) is 5.10 Å². The molecule has 0 aliphatic carbocycles. The van der Waals surface area contributed by atoms with Gasteiger partial charge in [0, 0.05) is 43.9 Å². The Kier molecular flexibility index (Phi) is 6.32. The van der Waals surface area contributed by atoms with Gasteiger partial charge in [-0.1, -0.05) is 36.4 Å². The number of ether oxygens (including phenoxy) is 1. The molecule has 3 aromatic rings. The Bertz CT molecular complexity index is 1070. The van der Waals surface area contributed by atoms with Crippen LogP contribution in [0.3, 0.4) is 0 Å². The Labute approximate surface area is 181 Å². The minimum absolute atomic E-state index is 0.139. The Morgan fingerprint density at radius 3 is 2.81 bits per heavy atom. The van der Waals surface area contributed by atoms with Gasteiger partial charge in [-0.05, 0) is 32.0 Å². The third-order valence-electron chi connectivity index (χ3n) is 5.46. The number of aromatic nitrogens is 2. The second kappa shape index (κ2) is 9.31. The fourth-order valence-electron chi connectivity index (χ4n) is 3.94. The number of carbonyl (C=O) groups is 1. The van der Waals surface area contributed by atoms with Crippen molar-refractivity contribution in [1.29, 1.82) is 0 Å². The number of para-hydroxylation sites is 1. The molecule has 31 heavy (non-hydrogen) atoms. The van der Waals surface area contributed by atoms with Crippen LogP contribution in [0.15, 0.2) is 54.6 Å². The number of amides is 1. The molecule has 2 aromatic carbocycles. The highest BCUT2D eigenvalue weighted by Crippen LogP contribution is 2.31. The number of nitrogens with one attached hydrogen (secondary N) is 1. The second-order valence-electron chi connectivity index (χ2n) is 7.71. The van der Waals surface area contributed by atoms with Crippen LogP contribution in [0.1, 0.15) is 40.3 Å². The molecule has 1 amide bonds. The maximum atomic E-state index is 14.5. The summed E-state index contributed by atoms with van der Waals surface area (Å²) in [4.78, 5) is 14.8. The van der Waals surface area contributed by atoms with Crippen LogP contribution in [0.4, 0.5) is 4.39 Å². The minimum atomic E-state index is -0.426. The van der Waals surface area contributed by atoms with Gasteiger partial charge in [0.25, 0.3) is 5.91 Å². The average molecular weight is 423 g/mol. The zero-order valence-corrected chi connectivity index (χ0v) is 17.8. The lowest BCUT2D eigenvalue weighted by atomic mass is 10.1. The van der Waals surface area contributed by atoms with E-state index in [4.69, 9.17) is 4.74 Å². The van der Waals surface area contributed by atoms with Gasteiger partial charge >= 0.3 is 0 Å². The van der Waals surface area contributed by atoms with E-state index in [2.05, 4.69) is 15.3 Å². The molecule has 7 heteroatoms. The molecule has 1 N–H and O–H groups in total. The number of carbonyl (C=O) groups excluding carboxylic acids is 1. The average Bonchev–Trinajstić information content (AvgIpc) is 3.05. The van der Waals surface area contributed by atoms with Crippen molar-refractivity contribution in [2.24, 2.45) is 0 Å². The Balaban J connectivity index is 1.47. The highest BCUT2D eigenvalue weighted by atomic mass is 19.1.